The van der Waals surface area contributed by atoms with Crippen molar-refractivity contribution < 1.29 is 9.90 Å². The van der Waals surface area contributed by atoms with Crippen LogP contribution in [0.3, 0.4) is 0 Å². The van der Waals surface area contributed by atoms with Gasteiger partial charge in [0.2, 0.25) is 5.91 Å². The van der Waals surface area contributed by atoms with E-state index in [4.69, 9.17) is 10.8 Å². The normalized spacial score (nSPS) is 13.3. The Bertz CT molecular complexity index is 731. The molecule has 1 aromatic heterocycles. The Morgan fingerprint density at radius 3 is 2.64 bits per heavy atom. The second-order valence-electron chi connectivity index (χ2n) is 6.53. The molecule has 6 heteroatoms. The first-order chi connectivity index (χ1) is 11.9. The number of aromatic nitrogens is 2. The van der Waals surface area contributed by atoms with E-state index in [9.17, 15) is 4.79 Å². The molecule has 0 spiro atoms. The number of carbonyl (C=O) groups is 1. The number of anilines is 2. The molecule has 1 aliphatic rings. The molecule has 0 aliphatic carbocycles. The monoisotopic (exact) mass is 342 g/mol. The van der Waals surface area contributed by atoms with Gasteiger partial charge in [0.25, 0.3) is 0 Å². The zero-order chi connectivity index (χ0) is 18.4. The number of aliphatic hydroxyl groups is 1. The van der Waals surface area contributed by atoms with Crippen molar-refractivity contribution in [3.63, 3.8) is 0 Å². The Morgan fingerprint density at radius 1 is 1.28 bits per heavy atom. The van der Waals surface area contributed by atoms with Gasteiger partial charge in [-0.2, -0.15) is 0 Å². The molecule has 1 amide bonds. The number of benzene rings is 1. The fourth-order valence-corrected chi connectivity index (χ4v) is 2.59. The van der Waals surface area contributed by atoms with Crippen LogP contribution in [0.4, 0.5) is 11.5 Å². The second kappa shape index (κ2) is 8.58. The van der Waals surface area contributed by atoms with Crippen LogP contribution in [0.1, 0.15) is 32.3 Å². The third-order valence-electron chi connectivity index (χ3n) is 4.08. The Morgan fingerprint density at radius 2 is 2.04 bits per heavy atom. The number of nitrogens with two attached hydrogens (primary N) is 1. The summed E-state index contributed by atoms with van der Waals surface area (Å²) in [5.74, 6) is 1.21. The summed E-state index contributed by atoms with van der Waals surface area (Å²) in [4.78, 5) is 21.7. The SMILES string of the molecule is CC(C)CCO.CN1C(=O)CCc2cc(-c3cncc(N)n3)ccc21. The quantitative estimate of drug-likeness (QED) is 0.894. The molecular formula is C19H26N4O2. The van der Waals surface area contributed by atoms with Crippen molar-refractivity contribution in [2.24, 2.45) is 5.92 Å². The number of aryl methyl sites for hydroxylation is 1. The van der Waals surface area contributed by atoms with E-state index in [0.29, 0.717) is 24.8 Å². The Balaban J connectivity index is 0.000000326. The lowest BCUT2D eigenvalue weighted by atomic mass is 9.98. The maximum Gasteiger partial charge on any atom is 0.227 e. The number of hydrogen-bond acceptors (Lipinski definition) is 5. The largest absolute Gasteiger partial charge is 0.396 e. The maximum absolute atomic E-state index is 11.6. The van der Waals surface area contributed by atoms with E-state index >= 15 is 0 Å². The summed E-state index contributed by atoms with van der Waals surface area (Å²) in [6, 6.07) is 5.95. The third kappa shape index (κ3) is 5.00. The van der Waals surface area contributed by atoms with Gasteiger partial charge in [0, 0.05) is 31.3 Å². The summed E-state index contributed by atoms with van der Waals surface area (Å²) in [6.45, 7) is 4.52. The molecule has 0 unspecified atom stereocenters. The number of hydrogen-bond donors (Lipinski definition) is 2. The molecule has 0 saturated heterocycles. The van der Waals surface area contributed by atoms with Crippen LogP contribution in [-0.4, -0.2) is 34.6 Å². The van der Waals surface area contributed by atoms with Crippen molar-refractivity contribution in [2.75, 3.05) is 24.3 Å². The molecule has 0 fully saturated rings. The lowest BCUT2D eigenvalue weighted by molar-refractivity contribution is -0.118. The van der Waals surface area contributed by atoms with Gasteiger partial charge in [-0.05, 0) is 36.5 Å². The fraction of sp³-hybridized carbons (Fsp3) is 0.421. The number of rotatable bonds is 3. The summed E-state index contributed by atoms with van der Waals surface area (Å²) in [7, 11) is 1.81. The van der Waals surface area contributed by atoms with Gasteiger partial charge in [-0.1, -0.05) is 19.9 Å². The van der Waals surface area contributed by atoms with Crippen LogP contribution in [0.25, 0.3) is 11.3 Å². The molecule has 1 aromatic carbocycles. The highest BCUT2D eigenvalue weighted by molar-refractivity contribution is 5.96. The molecule has 134 valence electrons. The van der Waals surface area contributed by atoms with E-state index in [1.54, 1.807) is 18.1 Å². The maximum atomic E-state index is 11.6. The average Bonchev–Trinajstić information content (AvgIpc) is 2.58. The van der Waals surface area contributed by atoms with Crippen LogP contribution >= 0.6 is 0 Å². The number of amides is 1. The zero-order valence-corrected chi connectivity index (χ0v) is 15.1. The molecule has 25 heavy (non-hydrogen) atoms. The average molecular weight is 342 g/mol. The lowest BCUT2D eigenvalue weighted by Crippen LogP contribution is -2.30. The third-order valence-corrected chi connectivity index (χ3v) is 4.08. The van der Waals surface area contributed by atoms with Gasteiger partial charge in [0.15, 0.2) is 0 Å². The van der Waals surface area contributed by atoms with Gasteiger partial charge >= 0.3 is 0 Å². The fourth-order valence-electron chi connectivity index (χ4n) is 2.59. The summed E-state index contributed by atoms with van der Waals surface area (Å²) in [5, 5.41) is 8.24. The summed E-state index contributed by atoms with van der Waals surface area (Å²) in [6.07, 6.45) is 5.46. The van der Waals surface area contributed by atoms with Gasteiger partial charge in [0.1, 0.15) is 5.82 Å². The van der Waals surface area contributed by atoms with Crippen LogP contribution in [0.5, 0.6) is 0 Å². The molecule has 3 rings (SSSR count). The van der Waals surface area contributed by atoms with Crippen LogP contribution < -0.4 is 10.6 Å². The Hall–Kier alpha value is -2.47. The first kappa shape index (κ1) is 18.9. The molecule has 2 heterocycles. The van der Waals surface area contributed by atoms with Gasteiger partial charge in [-0.3, -0.25) is 9.78 Å². The van der Waals surface area contributed by atoms with E-state index in [2.05, 4.69) is 29.9 Å². The standard InChI is InChI=1S/C14H14N4O.C5H12O/c1-18-12-4-2-9(6-10(12)3-5-14(18)19)11-7-16-8-13(15)17-11;1-5(2)3-4-6/h2,4,6-8H,3,5H2,1H3,(H2,15,17);5-6H,3-4H2,1-2H3. The number of nitrogens with zero attached hydrogens (tertiary/aromatic N) is 3. The summed E-state index contributed by atoms with van der Waals surface area (Å²) in [5.41, 5.74) is 9.50. The topological polar surface area (TPSA) is 92.3 Å². The number of carbonyl (C=O) groups excluding carboxylic acids is 1. The molecule has 0 atom stereocenters. The van der Waals surface area contributed by atoms with Gasteiger partial charge in [-0.25, -0.2) is 4.98 Å². The molecule has 0 bridgehead atoms. The molecule has 6 nitrogen and oxygen atoms in total. The highest BCUT2D eigenvalue weighted by Gasteiger charge is 2.21. The Kier molecular flexibility index (Phi) is 6.47. The van der Waals surface area contributed by atoms with E-state index in [1.165, 1.54) is 6.20 Å². The van der Waals surface area contributed by atoms with Crippen molar-refractivity contribution in [3.05, 3.63) is 36.2 Å². The predicted octanol–water partition coefficient (Wildman–Crippen LogP) is 2.66. The zero-order valence-electron chi connectivity index (χ0n) is 15.1. The predicted molar refractivity (Wildman–Crippen MR) is 100 cm³/mol. The molecule has 0 radical (unpaired) electrons. The van der Waals surface area contributed by atoms with E-state index in [1.807, 2.05) is 12.1 Å². The number of aliphatic hydroxyl groups excluding tert-OH is 1. The van der Waals surface area contributed by atoms with E-state index in [0.717, 1.165) is 35.3 Å². The van der Waals surface area contributed by atoms with Crippen molar-refractivity contribution in [1.82, 2.24) is 9.97 Å². The highest BCUT2D eigenvalue weighted by atomic mass is 16.3. The minimum Gasteiger partial charge on any atom is -0.396 e. The minimum atomic E-state index is 0.156. The van der Waals surface area contributed by atoms with Gasteiger partial charge in [0.05, 0.1) is 18.1 Å². The molecular weight excluding hydrogens is 316 g/mol. The Labute approximate surface area is 148 Å². The van der Waals surface area contributed by atoms with Crippen molar-refractivity contribution in [1.29, 1.82) is 0 Å². The molecule has 3 N–H and O–H groups in total. The first-order valence-electron chi connectivity index (χ1n) is 8.50. The van der Waals surface area contributed by atoms with E-state index in [-0.39, 0.29) is 5.91 Å². The first-order valence-corrected chi connectivity index (χ1v) is 8.50. The van der Waals surface area contributed by atoms with E-state index < -0.39 is 0 Å². The minimum absolute atomic E-state index is 0.156. The van der Waals surface area contributed by atoms with Crippen molar-refractivity contribution >= 4 is 17.4 Å². The smallest absolute Gasteiger partial charge is 0.227 e. The highest BCUT2D eigenvalue weighted by Crippen LogP contribution is 2.30. The molecule has 0 saturated carbocycles. The van der Waals surface area contributed by atoms with Crippen LogP contribution in [0.2, 0.25) is 0 Å². The summed E-state index contributed by atoms with van der Waals surface area (Å²) < 4.78 is 0. The van der Waals surface area contributed by atoms with Gasteiger partial charge in [-0.15, -0.1) is 0 Å². The van der Waals surface area contributed by atoms with Crippen molar-refractivity contribution in [2.45, 2.75) is 33.1 Å². The number of nitrogen functional groups attached to an aromatic ring is 1. The second-order valence-corrected chi connectivity index (χ2v) is 6.53. The molecule has 2 aromatic rings. The van der Waals surface area contributed by atoms with Crippen molar-refractivity contribution in [3.8, 4) is 11.3 Å². The van der Waals surface area contributed by atoms with Crippen LogP contribution in [0, 0.1) is 5.92 Å². The number of fused-ring (bicyclic) bond motifs is 1. The lowest BCUT2D eigenvalue weighted by Gasteiger charge is -2.26. The summed E-state index contributed by atoms with van der Waals surface area (Å²) >= 11 is 0. The van der Waals surface area contributed by atoms with Crippen LogP contribution in [0.15, 0.2) is 30.6 Å². The van der Waals surface area contributed by atoms with Gasteiger partial charge < -0.3 is 15.7 Å². The van der Waals surface area contributed by atoms with Crippen LogP contribution in [-0.2, 0) is 11.2 Å². The molecule has 1 aliphatic heterocycles.